The zero-order valence-electron chi connectivity index (χ0n) is 15.3. The Morgan fingerprint density at radius 1 is 1.07 bits per heavy atom. The van der Waals surface area contributed by atoms with Crippen LogP contribution in [0.5, 0.6) is 0 Å². The van der Waals surface area contributed by atoms with Crippen LogP contribution in [0, 0.1) is 19.7 Å². The van der Waals surface area contributed by atoms with E-state index in [1.807, 2.05) is 32.0 Å². The first-order chi connectivity index (χ1) is 13.0. The fraction of sp³-hybridized carbons (Fsp3) is 0.190. The van der Waals surface area contributed by atoms with Crippen molar-refractivity contribution in [3.8, 4) is 0 Å². The minimum atomic E-state index is -0.303. The number of carbonyl (C=O) groups excluding carboxylic acids is 1. The molecular formula is C21H21FN4O. The molecule has 0 radical (unpaired) electrons. The molecule has 138 valence electrons. The highest BCUT2D eigenvalue weighted by molar-refractivity contribution is 6.03. The maximum Gasteiger partial charge on any atom is 0.274 e. The van der Waals surface area contributed by atoms with Gasteiger partial charge in [0.15, 0.2) is 0 Å². The third-order valence-corrected chi connectivity index (χ3v) is 4.41. The normalized spacial score (nSPS) is 10.5. The quantitative estimate of drug-likeness (QED) is 0.690. The second-order valence-corrected chi connectivity index (χ2v) is 6.26. The van der Waals surface area contributed by atoms with Gasteiger partial charge >= 0.3 is 0 Å². The van der Waals surface area contributed by atoms with Crippen molar-refractivity contribution in [2.24, 2.45) is 0 Å². The maximum absolute atomic E-state index is 13.6. The lowest BCUT2D eigenvalue weighted by Gasteiger charge is -2.11. The molecule has 0 spiro atoms. The molecule has 0 aliphatic heterocycles. The van der Waals surface area contributed by atoms with E-state index in [9.17, 15) is 9.18 Å². The van der Waals surface area contributed by atoms with Crippen molar-refractivity contribution in [2.45, 2.75) is 20.3 Å². The van der Waals surface area contributed by atoms with Gasteiger partial charge in [-0.1, -0.05) is 30.3 Å². The molecule has 0 aliphatic rings. The largest absolute Gasteiger partial charge is 0.370 e. The highest BCUT2D eigenvalue weighted by atomic mass is 19.1. The first-order valence-corrected chi connectivity index (χ1v) is 8.71. The Kier molecular flexibility index (Phi) is 5.76. The number of aromatic nitrogens is 2. The molecule has 3 rings (SSSR count). The van der Waals surface area contributed by atoms with E-state index in [0.29, 0.717) is 24.3 Å². The molecule has 1 aromatic heterocycles. The molecule has 3 aromatic rings. The van der Waals surface area contributed by atoms with Gasteiger partial charge in [-0.15, -0.1) is 0 Å². The molecule has 0 atom stereocenters. The third kappa shape index (κ3) is 4.67. The fourth-order valence-corrected chi connectivity index (χ4v) is 2.68. The molecule has 1 heterocycles. The maximum atomic E-state index is 13.6. The molecule has 2 N–H and O–H groups in total. The molecule has 2 aromatic carbocycles. The summed E-state index contributed by atoms with van der Waals surface area (Å²) in [4.78, 5) is 20.7. The van der Waals surface area contributed by atoms with Crippen LogP contribution in [-0.2, 0) is 6.42 Å². The van der Waals surface area contributed by atoms with E-state index >= 15 is 0 Å². The van der Waals surface area contributed by atoms with E-state index in [0.717, 1.165) is 16.8 Å². The topological polar surface area (TPSA) is 66.9 Å². The summed E-state index contributed by atoms with van der Waals surface area (Å²) in [5.41, 5.74) is 3.77. The number of benzene rings is 2. The number of hydrogen-bond donors (Lipinski definition) is 2. The van der Waals surface area contributed by atoms with Crippen LogP contribution in [0.25, 0.3) is 0 Å². The summed E-state index contributed by atoms with van der Waals surface area (Å²) in [6.07, 6.45) is 1.85. The van der Waals surface area contributed by atoms with Crippen LogP contribution in [0.2, 0.25) is 0 Å². The van der Waals surface area contributed by atoms with Crippen molar-refractivity contribution in [3.63, 3.8) is 0 Å². The smallest absolute Gasteiger partial charge is 0.274 e. The summed E-state index contributed by atoms with van der Waals surface area (Å²) in [7, 11) is 0. The van der Waals surface area contributed by atoms with Crippen LogP contribution in [0.4, 0.5) is 15.9 Å². The zero-order chi connectivity index (χ0) is 19.2. The molecule has 6 heteroatoms. The lowest BCUT2D eigenvalue weighted by molar-refractivity contribution is 0.102. The summed E-state index contributed by atoms with van der Waals surface area (Å²) in [5.74, 6) is -0.00807. The Morgan fingerprint density at radius 3 is 2.70 bits per heavy atom. The standard InChI is InChI=1S/C21H21FN4O/c1-14-6-5-9-18(15(14)2)26-21(27)19-12-20(25-13-24-19)23-11-10-16-7-3-4-8-17(16)22/h3-9,12-13H,10-11H2,1-2H3,(H,26,27)(H,23,24,25). The Labute approximate surface area is 157 Å². The van der Waals surface area contributed by atoms with Crippen molar-refractivity contribution in [2.75, 3.05) is 17.2 Å². The number of anilines is 2. The SMILES string of the molecule is Cc1cccc(NC(=O)c2cc(NCCc3ccccc3F)ncn2)c1C. The summed E-state index contributed by atoms with van der Waals surface area (Å²) in [6, 6.07) is 14.0. The van der Waals surface area contributed by atoms with Crippen molar-refractivity contribution in [1.82, 2.24) is 9.97 Å². The van der Waals surface area contributed by atoms with Gasteiger partial charge in [0.05, 0.1) is 0 Å². The Bertz CT molecular complexity index is 958. The van der Waals surface area contributed by atoms with Gasteiger partial charge in [-0.05, 0) is 49.1 Å². The van der Waals surface area contributed by atoms with Gasteiger partial charge in [0, 0.05) is 18.3 Å². The zero-order valence-corrected chi connectivity index (χ0v) is 15.3. The van der Waals surface area contributed by atoms with Crippen molar-refractivity contribution < 1.29 is 9.18 Å². The average Bonchev–Trinajstić information content (AvgIpc) is 2.67. The van der Waals surface area contributed by atoms with E-state index in [1.54, 1.807) is 24.3 Å². The van der Waals surface area contributed by atoms with Gasteiger partial charge in [0.25, 0.3) is 5.91 Å². The lowest BCUT2D eigenvalue weighted by atomic mass is 10.1. The van der Waals surface area contributed by atoms with E-state index in [4.69, 9.17) is 0 Å². The Balaban J connectivity index is 1.63. The highest BCUT2D eigenvalue weighted by Crippen LogP contribution is 2.19. The van der Waals surface area contributed by atoms with Crippen LogP contribution in [0.1, 0.15) is 27.2 Å². The highest BCUT2D eigenvalue weighted by Gasteiger charge is 2.11. The molecular weight excluding hydrogens is 343 g/mol. The molecule has 0 unspecified atom stereocenters. The first kappa shape index (κ1) is 18.5. The summed E-state index contributed by atoms with van der Waals surface area (Å²) >= 11 is 0. The fourth-order valence-electron chi connectivity index (χ4n) is 2.68. The number of nitrogens with one attached hydrogen (secondary N) is 2. The molecule has 0 aliphatic carbocycles. The summed E-state index contributed by atoms with van der Waals surface area (Å²) < 4.78 is 13.6. The van der Waals surface area contributed by atoms with Gasteiger partial charge in [-0.2, -0.15) is 0 Å². The van der Waals surface area contributed by atoms with Crippen LogP contribution in [-0.4, -0.2) is 22.4 Å². The monoisotopic (exact) mass is 364 g/mol. The van der Waals surface area contributed by atoms with E-state index < -0.39 is 0 Å². The van der Waals surface area contributed by atoms with Gasteiger partial charge in [0.1, 0.15) is 23.7 Å². The minimum Gasteiger partial charge on any atom is -0.370 e. The third-order valence-electron chi connectivity index (χ3n) is 4.41. The Morgan fingerprint density at radius 2 is 1.89 bits per heavy atom. The van der Waals surface area contributed by atoms with Gasteiger partial charge in [0.2, 0.25) is 0 Å². The van der Waals surface area contributed by atoms with Crippen LogP contribution in [0.3, 0.4) is 0 Å². The second-order valence-electron chi connectivity index (χ2n) is 6.26. The first-order valence-electron chi connectivity index (χ1n) is 8.71. The molecule has 5 nitrogen and oxygen atoms in total. The van der Waals surface area contributed by atoms with Crippen molar-refractivity contribution in [1.29, 1.82) is 0 Å². The number of hydrogen-bond acceptors (Lipinski definition) is 4. The predicted molar refractivity (Wildman–Crippen MR) is 104 cm³/mol. The van der Waals surface area contributed by atoms with E-state index in [-0.39, 0.29) is 17.4 Å². The summed E-state index contributed by atoms with van der Waals surface area (Å²) in [5, 5.41) is 5.98. The molecule has 0 saturated heterocycles. The molecule has 0 fully saturated rings. The molecule has 1 amide bonds. The number of halogens is 1. The Hall–Kier alpha value is -3.28. The number of nitrogens with zero attached hydrogens (tertiary/aromatic N) is 2. The molecule has 0 saturated carbocycles. The predicted octanol–water partition coefficient (Wildman–Crippen LogP) is 4.14. The van der Waals surface area contributed by atoms with E-state index in [1.165, 1.54) is 12.4 Å². The number of rotatable bonds is 6. The van der Waals surface area contributed by atoms with Gasteiger partial charge in [-0.3, -0.25) is 4.79 Å². The molecule has 0 bridgehead atoms. The van der Waals surface area contributed by atoms with Gasteiger partial charge < -0.3 is 10.6 Å². The second kappa shape index (κ2) is 8.40. The number of carbonyl (C=O) groups is 1. The minimum absolute atomic E-state index is 0.226. The van der Waals surface area contributed by atoms with Crippen molar-refractivity contribution >= 4 is 17.4 Å². The average molecular weight is 364 g/mol. The number of amides is 1. The molecule has 27 heavy (non-hydrogen) atoms. The van der Waals surface area contributed by atoms with Crippen LogP contribution < -0.4 is 10.6 Å². The van der Waals surface area contributed by atoms with Gasteiger partial charge in [-0.25, -0.2) is 14.4 Å². The van der Waals surface area contributed by atoms with Crippen molar-refractivity contribution in [3.05, 3.63) is 83.1 Å². The van der Waals surface area contributed by atoms with E-state index in [2.05, 4.69) is 20.6 Å². The lowest BCUT2D eigenvalue weighted by Crippen LogP contribution is -2.16. The van der Waals surface area contributed by atoms with Crippen LogP contribution >= 0.6 is 0 Å². The van der Waals surface area contributed by atoms with Crippen LogP contribution in [0.15, 0.2) is 54.9 Å². The summed E-state index contributed by atoms with van der Waals surface area (Å²) in [6.45, 7) is 4.45. The number of aryl methyl sites for hydroxylation is 1.